The van der Waals surface area contributed by atoms with Crippen molar-refractivity contribution in [2.45, 2.75) is 39.0 Å². The monoisotopic (exact) mass is 275 g/mol. The average Bonchev–Trinajstić information content (AvgIpc) is 2.49. The number of carbonyl (C=O) groups excluding carboxylic acids is 1. The van der Waals surface area contributed by atoms with E-state index in [0.717, 1.165) is 38.8 Å². The van der Waals surface area contributed by atoms with E-state index in [9.17, 15) is 4.79 Å². The number of aliphatic hydroxyl groups is 1. The van der Waals surface area contributed by atoms with Gasteiger partial charge in [0.25, 0.3) is 0 Å². The van der Waals surface area contributed by atoms with Crippen LogP contribution in [0.1, 0.15) is 36.8 Å². The lowest BCUT2D eigenvalue weighted by molar-refractivity contribution is -0.132. The molecule has 1 saturated heterocycles. The summed E-state index contributed by atoms with van der Waals surface area (Å²) in [7, 11) is 0. The zero-order chi connectivity index (χ0) is 14.4. The summed E-state index contributed by atoms with van der Waals surface area (Å²) in [6.07, 6.45) is 4.42. The van der Waals surface area contributed by atoms with Gasteiger partial charge in [0.15, 0.2) is 0 Å². The Balaban J connectivity index is 1.69. The maximum Gasteiger partial charge on any atom is 0.222 e. The molecule has 0 radical (unpaired) electrons. The Morgan fingerprint density at radius 3 is 2.50 bits per heavy atom. The molecule has 0 saturated carbocycles. The topological polar surface area (TPSA) is 40.5 Å². The number of nitrogens with zero attached hydrogens (tertiary/aromatic N) is 1. The van der Waals surface area contributed by atoms with Crippen LogP contribution in [0.3, 0.4) is 0 Å². The molecule has 1 aliphatic heterocycles. The third-order valence-electron chi connectivity index (χ3n) is 4.20. The third kappa shape index (κ3) is 4.34. The number of aryl methyl sites for hydroxylation is 2. The number of hydrogen-bond donors (Lipinski definition) is 1. The van der Waals surface area contributed by atoms with Crippen molar-refractivity contribution in [3.05, 3.63) is 35.4 Å². The van der Waals surface area contributed by atoms with Gasteiger partial charge in [-0.3, -0.25) is 4.79 Å². The second kappa shape index (κ2) is 7.44. The Hall–Kier alpha value is -1.35. The summed E-state index contributed by atoms with van der Waals surface area (Å²) in [4.78, 5) is 14.1. The molecule has 3 heteroatoms. The number of rotatable bonds is 5. The summed E-state index contributed by atoms with van der Waals surface area (Å²) >= 11 is 0. The Morgan fingerprint density at radius 2 is 1.90 bits per heavy atom. The minimum Gasteiger partial charge on any atom is -0.396 e. The molecule has 1 N–H and O–H groups in total. The molecule has 1 heterocycles. The Bertz CT molecular complexity index is 419. The molecule has 1 aliphatic rings. The lowest BCUT2D eigenvalue weighted by Crippen LogP contribution is -2.39. The van der Waals surface area contributed by atoms with Gasteiger partial charge in [0, 0.05) is 26.1 Å². The first-order chi connectivity index (χ1) is 9.69. The zero-order valence-corrected chi connectivity index (χ0v) is 12.3. The number of carbonyl (C=O) groups is 1. The van der Waals surface area contributed by atoms with E-state index in [0.29, 0.717) is 12.3 Å². The maximum absolute atomic E-state index is 12.1. The number of hydrogen-bond acceptors (Lipinski definition) is 2. The summed E-state index contributed by atoms with van der Waals surface area (Å²) in [6, 6.07) is 8.53. The van der Waals surface area contributed by atoms with Crippen molar-refractivity contribution in [2.75, 3.05) is 19.7 Å². The van der Waals surface area contributed by atoms with Gasteiger partial charge in [-0.15, -0.1) is 0 Å². The molecule has 20 heavy (non-hydrogen) atoms. The van der Waals surface area contributed by atoms with E-state index in [4.69, 9.17) is 5.11 Å². The third-order valence-corrected chi connectivity index (χ3v) is 4.20. The van der Waals surface area contributed by atoms with Crippen molar-refractivity contribution in [1.82, 2.24) is 4.90 Å². The highest BCUT2D eigenvalue weighted by molar-refractivity contribution is 5.76. The normalized spacial score (nSPS) is 16.4. The maximum atomic E-state index is 12.1. The molecule has 0 atom stereocenters. The van der Waals surface area contributed by atoms with E-state index in [1.807, 2.05) is 4.90 Å². The lowest BCUT2D eigenvalue weighted by Gasteiger charge is -2.31. The minimum atomic E-state index is 0.259. The summed E-state index contributed by atoms with van der Waals surface area (Å²) in [6.45, 7) is 3.97. The van der Waals surface area contributed by atoms with Crippen LogP contribution in [0.5, 0.6) is 0 Å². The number of aliphatic hydroxyl groups excluding tert-OH is 1. The van der Waals surface area contributed by atoms with Crippen LogP contribution in [0.25, 0.3) is 0 Å². The molecule has 2 rings (SSSR count). The Labute approximate surface area is 121 Å². The van der Waals surface area contributed by atoms with Crippen molar-refractivity contribution in [3.63, 3.8) is 0 Å². The summed E-state index contributed by atoms with van der Waals surface area (Å²) in [5, 5.41) is 9.10. The fourth-order valence-corrected chi connectivity index (χ4v) is 2.72. The number of likely N-dealkylation sites (tertiary alicyclic amines) is 1. The summed E-state index contributed by atoms with van der Waals surface area (Å²) in [5.74, 6) is 0.667. The molecule has 0 bridgehead atoms. The number of piperidine rings is 1. The summed E-state index contributed by atoms with van der Waals surface area (Å²) in [5.41, 5.74) is 2.58. The van der Waals surface area contributed by atoms with E-state index in [-0.39, 0.29) is 12.5 Å². The average molecular weight is 275 g/mol. The molecule has 0 unspecified atom stereocenters. The van der Waals surface area contributed by atoms with Gasteiger partial charge in [0.05, 0.1) is 0 Å². The van der Waals surface area contributed by atoms with Gasteiger partial charge in [-0.1, -0.05) is 29.8 Å². The quantitative estimate of drug-likeness (QED) is 0.897. The predicted molar refractivity (Wildman–Crippen MR) is 80.5 cm³/mol. The van der Waals surface area contributed by atoms with E-state index in [2.05, 4.69) is 31.2 Å². The van der Waals surface area contributed by atoms with E-state index >= 15 is 0 Å². The second-order valence-corrected chi connectivity index (χ2v) is 5.85. The van der Waals surface area contributed by atoms with Crippen molar-refractivity contribution in [2.24, 2.45) is 5.92 Å². The van der Waals surface area contributed by atoms with Crippen LogP contribution < -0.4 is 0 Å². The molecule has 1 aromatic carbocycles. The van der Waals surface area contributed by atoms with E-state index in [1.54, 1.807) is 0 Å². The molecule has 0 spiro atoms. The second-order valence-electron chi connectivity index (χ2n) is 5.85. The largest absolute Gasteiger partial charge is 0.396 e. The van der Waals surface area contributed by atoms with Crippen LogP contribution in [0, 0.1) is 12.8 Å². The van der Waals surface area contributed by atoms with Crippen molar-refractivity contribution in [1.29, 1.82) is 0 Å². The van der Waals surface area contributed by atoms with E-state index in [1.165, 1.54) is 11.1 Å². The standard InChI is InChI=1S/C17H25NO2/c1-14-5-7-15(8-6-14)3-2-4-17(20)18-11-9-16(13-19)10-12-18/h5-8,16,19H,2-4,9-13H2,1H3. The van der Waals surface area contributed by atoms with Crippen LogP contribution in [0.15, 0.2) is 24.3 Å². The van der Waals surface area contributed by atoms with Crippen LogP contribution in [-0.4, -0.2) is 35.6 Å². The van der Waals surface area contributed by atoms with Gasteiger partial charge in [-0.05, 0) is 44.1 Å². The molecular formula is C17H25NO2. The first-order valence-corrected chi connectivity index (χ1v) is 7.63. The number of benzene rings is 1. The lowest BCUT2D eigenvalue weighted by atomic mass is 9.97. The van der Waals surface area contributed by atoms with Gasteiger partial charge >= 0.3 is 0 Å². The highest BCUT2D eigenvalue weighted by atomic mass is 16.3. The highest BCUT2D eigenvalue weighted by Gasteiger charge is 2.21. The fraction of sp³-hybridized carbons (Fsp3) is 0.588. The molecule has 0 aromatic heterocycles. The van der Waals surface area contributed by atoms with Crippen LogP contribution in [0.4, 0.5) is 0 Å². The predicted octanol–water partition coefficient (Wildman–Crippen LogP) is 2.55. The van der Waals surface area contributed by atoms with Gasteiger partial charge in [-0.2, -0.15) is 0 Å². The molecule has 110 valence electrons. The fourth-order valence-electron chi connectivity index (χ4n) is 2.72. The van der Waals surface area contributed by atoms with Gasteiger partial charge < -0.3 is 10.0 Å². The molecule has 1 fully saturated rings. The van der Waals surface area contributed by atoms with Gasteiger partial charge in [0.1, 0.15) is 0 Å². The SMILES string of the molecule is Cc1ccc(CCCC(=O)N2CCC(CO)CC2)cc1. The van der Waals surface area contributed by atoms with Gasteiger partial charge in [0.2, 0.25) is 5.91 Å². The highest BCUT2D eigenvalue weighted by Crippen LogP contribution is 2.17. The van der Waals surface area contributed by atoms with Crippen LogP contribution in [-0.2, 0) is 11.2 Å². The van der Waals surface area contributed by atoms with Gasteiger partial charge in [-0.25, -0.2) is 0 Å². The number of amides is 1. The van der Waals surface area contributed by atoms with Crippen molar-refractivity contribution in [3.8, 4) is 0 Å². The first-order valence-electron chi connectivity index (χ1n) is 7.63. The van der Waals surface area contributed by atoms with Crippen LogP contribution >= 0.6 is 0 Å². The van der Waals surface area contributed by atoms with Crippen LogP contribution in [0.2, 0.25) is 0 Å². The minimum absolute atomic E-state index is 0.259. The Kier molecular flexibility index (Phi) is 5.60. The summed E-state index contributed by atoms with van der Waals surface area (Å²) < 4.78 is 0. The zero-order valence-electron chi connectivity index (χ0n) is 12.3. The Morgan fingerprint density at radius 1 is 1.25 bits per heavy atom. The van der Waals surface area contributed by atoms with Crippen molar-refractivity contribution < 1.29 is 9.90 Å². The molecule has 3 nitrogen and oxygen atoms in total. The molecule has 1 aromatic rings. The molecule has 1 amide bonds. The van der Waals surface area contributed by atoms with E-state index < -0.39 is 0 Å². The molecule has 0 aliphatic carbocycles. The smallest absolute Gasteiger partial charge is 0.222 e. The first kappa shape index (κ1) is 15.0. The van der Waals surface area contributed by atoms with Crippen molar-refractivity contribution >= 4 is 5.91 Å². The molecular weight excluding hydrogens is 250 g/mol.